The van der Waals surface area contributed by atoms with Crippen LogP contribution in [-0.4, -0.2) is 31.8 Å². The molecule has 1 aliphatic heterocycles. The molecule has 1 aromatic rings. The summed E-state index contributed by atoms with van der Waals surface area (Å²) in [6.45, 7) is 0.690. The minimum Gasteiger partial charge on any atom is -0.335 e. The van der Waals surface area contributed by atoms with Crippen molar-refractivity contribution < 1.29 is 13.2 Å². The van der Waals surface area contributed by atoms with E-state index in [2.05, 4.69) is 0 Å². The molecule has 2 aliphatic rings. The van der Waals surface area contributed by atoms with Gasteiger partial charge in [-0.15, -0.1) is 0 Å². The SMILES string of the molecule is O=C(c1cc(Cl)cc(S(=O)(=O)Cl)c1Cl)N1CC2CCC1C2. The molecule has 2 atom stereocenters. The Morgan fingerprint density at radius 3 is 2.48 bits per heavy atom. The van der Waals surface area contributed by atoms with Crippen LogP contribution in [0.15, 0.2) is 17.0 Å². The number of piperidine rings is 1. The van der Waals surface area contributed by atoms with Crippen LogP contribution < -0.4 is 0 Å². The van der Waals surface area contributed by atoms with Crippen LogP contribution in [0, 0.1) is 5.92 Å². The quantitative estimate of drug-likeness (QED) is 0.750. The molecule has 8 heteroatoms. The molecule has 114 valence electrons. The summed E-state index contributed by atoms with van der Waals surface area (Å²) in [5.41, 5.74) is 0.0935. The first-order chi connectivity index (χ1) is 9.77. The first-order valence-corrected chi connectivity index (χ1v) is 9.58. The van der Waals surface area contributed by atoms with Crippen molar-refractivity contribution in [2.75, 3.05) is 6.54 Å². The lowest BCUT2D eigenvalue weighted by Crippen LogP contribution is -2.37. The van der Waals surface area contributed by atoms with Crippen LogP contribution in [0.5, 0.6) is 0 Å². The molecule has 1 amide bonds. The number of amides is 1. The normalized spacial score (nSPS) is 24.6. The smallest absolute Gasteiger partial charge is 0.262 e. The standard InChI is InChI=1S/C13H12Cl3NO3S/c14-8-4-10(12(15)11(5-8)21(16,19)20)13(18)17-6-7-1-2-9(17)3-7/h4-5,7,9H,1-3,6H2. The molecule has 0 aromatic heterocycles. The van der Waals surface area contributed by atoms with Crippen LogP contribution in [0.2, 0.25) is 10.0 Å². The summed E-state index contributed by atoms with van der Waals surface area (Å²) in [5, 5.41) is -0.0477. The van der Waals surface area contributed by atoms with E-state index in [9.17, 15) is 13.2 Å². The molecule has 4 nitrogen and oxygen atoms in total. The van der Waals surface area contributed by atoms with Crippen molar-refractivity contribution in [2.45, 2.75) is 30.2 Å². The van der Waals surface area contributed by atoms with E-state index in [-0.39, 0.29) is 32.5 Å². The van der Waals surface area contributed by atoms with Gasteiger partial charge in [0.1, 0.15) is 4.90 Å². The number of halogens is 3. The zero-order valence-electron chi connectivity index (χ0n) is 10.9. The fourth-order valence-electron chi connectivity index (χ4n) is 3.23. The third kappa shape index (κ3) is 2.77. The third-order valence-corrected chi connectivity index (χ3v) is 6.25. The topological polar surface area (TPSA) is 54.5 Å². The predicted octanol–water partition coefficient (Wildman–Crippen LogP) is 3.55. The van der Waals surface area contributed by atoms with E-state index in [0.717, 1.165) is 25.3 Å². The lowest BCUT2D eigenvalue weighted by Gasteiger charge is -2.27. The van der Waals surface area contributed by atoms with E-state index in [1.165, 1.54) is 6.07 Å². The molecule has 1 saturated heterocycles. The van der Waals surface area contributed by atoms with Gasteiger partial charge in [-0.2, -0.15) is 0 Å². The maximum Gasteiger partial charge on any atom is 0.262 e. The summed E-state index contributed by atoms with van der Waals surface area (Å²) < 4.78 is 23.1. The monoisotopic (exact) mass is 367 g/mol. The minimum absolute atomic E-state index is 0.0935. The van der Waals surface area contributed by atoms with Crippen molar-refractivity contribution in [3.63, 3.8) is 0 Å². The number of fused-ring (bicyclic) bond motifs is 2. The average Bonchev–Trinajstić information content (AvgIpc) is 3.01. The molecule has 21 heavy (non-hydrogen) atoms. The van der Waals surface area contributed by atoms with Gasteiger partial charge in [0.05, 0.1) is 10.6 Å². The van der Waals surface area contributed by atoms with Gasteiger partial charge in [-0.1, -0.05) is 23.2 Å². The van der Waals surface area contributed by atoms with Gasteiger partial charge in [0.15, 0.2) is 0 Å². The summed E-state index contributed by atoms with van der Waals surface area (Å²) in [6.07, 6.45) is 3.12. The Labute approximate surface area is 137 Å². The predicted molar refractivity (Wildman–Crippen MR) is 81.7 cm³/mol. The van der Waals surface area contributed by atoms with Crippen molar-refractivity contribution in [1.29, 1.82) is 0 Å². The molecule has 1 saturated carbocycles. The maximum atomic E-state index is 12.6. The summed E-state index contributed by atoms with van der Waals surface area (Å²) >= 11 is 12.0. The van der Waals surface area contributed by atoms with E-state index in [1.54, 1.807) is 4.90 Å². The van der Waals surface area contributed by atoms with Crippen LogP contribution in [0.4, 0.5) is 0 Å². The highest BCUT2D eigenvalue weighted by Gasteiger charge is 2.41. The van der Waals surface area contributed by atoms with Gasteiger partial charge >= 0.3 is 0 Å². The maximum absolute atomic E-state index is 12.6. The molecule has 1 heterocycles. The van der Waals surface area contributed by atoms with Gasteiger partial charge in [-0.3, -0.25) is 4.79 Å². The van der Waals surface area contributed by atoms with Crippen molar-refractivity contribution >= 4 is 48.8 Å². The fraction of sp³-hybridized carbons (Fsp3) is 0.462. The molecular weight excluding hydrogens is 357 g/mol. The molecule has 1 aromatic carbocycles. The number of carbonyl (C=O) groups excluding carboxylic acids is 1. The summed E-state index contributed by atoms with van der Waals surface area (Å²) in [7, 11) is 1.28. The summed E-state index contributed by atoms with van der Waals surface area (Å²) in [5.74, 6) is 0.254. The zero-order valence-corrected chi connectivity index (χ0v) is 13.9. The molecule has 0 N–H and O–H groups in total. The van der Waals surface area contributed by atoms with Crippen molar-refractivity contribution in [3.05, 3.63) is 27.7 Å². The first-order valence-electron chi connectivity index (χ1n) is 6.52. The highest BCUT2D eigenvalue weighted by Crippen LogP contribution is 2.40. The second kappa shape index (κ2) is 5.30. The number of hydrogen-bond donors (Lipinski definition) is 0. The molecule has 1 aliphatic carbocycles. The second-order valence-electron chi connectivity index (χ2n) is 5.49. The lowest BCUT2D eigenvalue weighted by molar-refractivity contribution is 0.0703. The Bertz CT molecular complexity index is 720. The number of carbonyl (C=O) groups is 1. The molecule has 2 fully saturated rings. The number of rotatable bonds is 2. The van der Waals surface area contributed by atoms with Gasteiger partial charge in [-0.05, 0) is 37.3 Å². The van der Waals surface area contributed by atoms with E-state index < -0.39 is 9.05 Å². The number of likely N-dealkylation sites (tertiary alicyclic amines) is 1. The molecule has 2 unspecified atom stereocenters. The first kappa shape index (κ1) is 15.4. The molecule has 0 radical (unpaired) electrons. The Morgan fingerprint density at radius 1 is 1.24 bits per heavy atom. The molecule has 2 bridgehead atoms. The van der Waals surface area contributed by atoms with Crippen molar-refractivity contribution in [3.8, 4) is 0 Å². The van der Waals surface area contributed by atoms with Crippen LogP contribution in [-0.2, 0) is 9.05 Å². The van der Waals surface area contributed by atoms with Gasteiger partial charge in [0.2, 0.25) is 0 Å². The van der Waals surface area contributed by atoms with Gasteiger partial charge in [-0.25, -0.2) is 8.42 Å². The lowest BCUT2D eigenvalue weighted by atomic mass is 10.1. The van der Waals surface area contributed by atoms with E-state index in [4.69, 9.17) is 33.9 Å². The number of hydrogen-bond acceptors (Lipinski definition) is 3. The van der Waals surface area contributed by atoms with Gasteiger partial charge < -0.3 is 4.90 Å². The average molecular weight is 369 g/mol. The highest BCUT2D eigenvalue weighted by molar-refractivity contribution is 8.13. The molecular formula is C13H12Cl3NO3S. The number of nitrogens with zero attached hydrogens (tertiary/aromatic N) is 1. The largest absolute Gasteiger partial charge is 0.335 e. The van der Waals surface area contributed by atoms with Crippen LogP contribution in [0.25, 0.3) is 0 Å². The van der Waals surface area contributed by atoms with Gasteiger partial charge in [0, 0.05) is 28.3 Å². The Morgan fingerprint density at radius 2 is 1.95 bits per heavy atom. The number of benzene rings is 1. The third-order valence-electron chi connectivity index (χ3n) is 4.17. The van der Waals surface area contributed by atoms with E-state index in [1.807, 2.05) is 0 Å². The van der Waals surface area contributed by atoms with Crippen LogP contribution in [0.1, 0.15) is 29.6 Å². The Kier molecular flexibility index (Phi) is 3.89. The Balaban J connectivity index is 2.03. The Hall–Kier alpha value is -0.490. The molecule has 0 spiro atoms. The van der Waals surface area contributed by atoms with E-state index in [0.29, 0.717) is 12.5 Å². The second-order valence-corrected chi connectivity index (χ2v) is 8.84. The molecule has 3 rings (SSSR count). The zero-order chi connectivity index (χ0) is 15.4. The van der Waals surface area contributed by atoms with Crippen LogP contribution in [0.3, 0.4) is 0 Å². The van der Waals surface area contributed by atoms with E-state index >= 15 is 0 Å². The van der Waals surface area contributed by atoms with Crippen molar-refractivity contribution in [2.24, 2.45) is 5.92 Å². The van der Waals surface area contributed by atoms with Gasteiger partial charge in [0.25, 0.3) is 15.0 Å². The summed E-state index contributed by atoms with van der Waals surface area (Å²) in [4.78, 5) is 14.1. The summed E-state index contributed by atoms with van der Waals surface area (Å²) in [6, 6.07) is 2.76. The fourth-order valence-corrected chi connectivity index (χ4v) is 5.08. The highest BCUT2D eigenvalue weighted by atomic mass is 35.7. The minimum atomic E-state index is -4.06. The van der Waals surface area contributed by atoms with Crippen LogP contribution >= 0.6 is 33.9 Å². The van der Waals surface area contributed by atoms with Crippen molar-refractivity contribution in [1.82, 2.24) is 4.90 Å².